The number of benzene rings is 1. The first-order chi connectivity index (χ1) is 10.8. The lowest BCUT2D eigenvalue weighted by molar-refractivity contribution is 0.418. The predicted molar refractivity (Wildman–Crippen MR) is 81.4 cm³/mol. The van der Waals surface area contributed by atoms with E-state index in [4.69, 9.17) is 8.83 Å². The summed E-state index contributed by atoms with van der Waals surface area (Å²) in [5.41, 5.74) is 1.14. The molecule has 0 aliphatic rings. The van der Waals surface area contributed by atoms with Crippen LogP contribution in [0.3, 0.4) is 0 Å². The van der Waals surface area contributed by atoms with Crippen LogP contribution in [-0.2, 0) is 18.6 Å². The molecular weight excluding hydrogens is 300 g/mol. The van der Waals surface area contributed by atoms with Crippen molar-refractivity contribution in [2.24, 2.45) is 0 Å². The van der Waals surface area contributed by atoms with E-state index in [2.05, 4.69) is 27.3 Å². The average molecular weight is 316 g/mol. The van der Waals surface area contributed by atoms with Crippen molar-refractivity contribution in [2.45, 2.75) is 37.2 Å². The number of aryl methyl sites for hydroxylation is 1. The summed E-state index contributed by atoms with van der Waals surface area (Å²) in [6.45, 7) is 2.07. The first kappa shape index (κ1) is 14.8. The Kier molecular flexibility index (Phi) is 4.85. The third-order valence-corrected chi connectivity index (χ3v) is 3.74. The summed E-state index contributed by atoms with van der Waals surface area (Å²) in [5.74, 6) is 2.39. The number of aromatic nitrogens is 4. The molecule has 22 heavy (non-hydrogen) atoms. The second kappa shape index (κ2) is 7.22. The van der Waals surface area contributed by atoms with Crippen LogP contribution in [0.15, 0.2) is 44.4 Å². The molecule has 0 radical (unpaired) electrons. The van der Waals surface area contributed by atoms with Gasteiger partial charge in [-0.1, -0.05) is 49.0 Å². The molecular formula is C15H16N4O2S. The molecule has 0 atom stereocenters. The molecule has 3 aromatic rings. The molecule has 1 aromatic carbocycles. The third kappa shape index (κ3) is 3.94. The Labute approximate surface area is 132 Å². The third-order valence-electron chi connectivity index (χ3n) is 2.94. The molecule has 2 aromatic heterocycles. The van der Waals surface area contributed by atoms with Gasteiger partial charge in [0.05, 0.1) is 12.2 Å². The summed E-state index contributed by atoms with van der Waals surface area (Å²) in [6, 6.07) is 10.0. The zero-order chi connectivity index (χ0) is 15.2. The Morgan fingerprint density at radius 1 is 0.909 bits per heavy atom. The molecule has 2 heterocycles. The van der Waals surface area contributed by atoms with Gasteiger partial charge in [-0.05, 0) is 12.0 Å². The second-order valence-electron chi connectivity index (χ2n) is 4.75. The topological polar surface area (TPSA) is 77.8 Å². The second-order valence-corrected chi connectivity index (χ2v) is 5.68. The van der Waals surface area contributed by atoms with Crippen LogP contribution in [0.4, 0.5) is 0 Å². The minimum Gasteiger partial charge on any atom is -0.424 e. The first-order valence-electron chi connectivity index (χ1n) is 7.14. The summed E-state index contributed by atoms with van der Waals surface area (Å²) in [6.07, 6.45) is 2.43. The van der Waals surface area contributed by atoms with Crippen molar-refractivity contribution in [2.75, 3.05) is 0 Å². The highest BCUT2D eigenvalue weighted by Gasteiger charge is 2.11. The van der Waals surface area contributed by atoms with Gasteiger partial charge in [-0.15, -0.1) is 20.4 Å². The largest absolute Gasteiger partial charge is 0.424 e. The maximum Gasteiger partial charge on any atom is 0.277 e. The summed E-state index contributed by atoms with van der Waals surface area (Å²) >= 11 is 1.40. The van der Waals surface area contributed by atoms with Gasteiger partial charge in [0.2, 0.25) is 17.7 Å². The van der Waals surface area contributed by atoms with E-state index in [9.17, 15) is 0 Å². The van der Waals surface area contributed by atoms with E-state index >= 15 is 0 Å². The van der Waals surface area contributed by atoms with Gasteiger partial charge >= 0.3 is 0 Å². The van der Waals surface area contributed by atoms with Crippen LogP contribution in [0.1, 0.15) is 36.6 Å². The van der Waals surface area contributed by atoms with Crippen molar-refractivity contribution in [1.29, 1.82) is 0 Å². The highest BCUT2D eigenvalue weighted by atomic mass is 32.2. The molecule has 6 nitrogen and oxygen atoms in total. The number of thioether (sulfide) groups is 1. The van der Waals surface area contributed by atoms with Gasteiger partial charge in [-0.3, -0.25) is 0 Å². The molecule has 0 spiro atoms. The van der Waals surface area contributed by atoms with E-state index in [0.29, 0.717) is 35.1 Å². The fourth-order valence-electron chi connectivity index (χ4n) is 1.92. The van der Waals surface area contributed by atoms with Crippen LogP contribution >= 0.6 is 11.8 Å². The van der Waals surface area contributed by atoms with Crippen LogP contribution in [0.5, 0.6) is 0 Å². The van der Waals surface area contributed by atoms with Crippen molar-refractivity contribution in [3.63, 3.8) is 0 Å². The van der Waals surface area contributed by atoms with Crippen LogP contribution in [-0.4, -0.2) is 20.4 Å². The van der Waals surface area contributed by atoms with Crippen molar-refractivity contribution in [1.82, 2.24) is 20.4 Å². The van der Waals surface area contributed by atoms with E-state index in [0.717, 1.165) is 18.4 Å². The molecule has 0 aliphatic heterocycles. The van der Waals surface area contributed by atoms with Gasteiger partial charge in [0, 0.05) is 6.42 Å². The molecule has 0 unspecified atom stereocenters. The zero-order valence-corrected chi connectivity index (χ0v) is 13.0. The minimum atomic E-state index is 0.515. The predicted octanol–water partition coefficient (Wildman–Crippen LogP) is 3.29. The van der Waals surface area contributed by atoms with Crippen LogP contribution in [0.25, 0.3) is 0 Å². The Morgan fingerprint density at radius 2 is 1.68 bits per heavy atom. The first-order valence-corrected chi connectivity index (χ1v) is 8.12. The fourth-order valence-corrected chi connectivity index (χ4v) is 2.54. The Bertz CT molecular complexity index is 711. The maximum atomic E-state index is 5.61. The van der Waals surface area contributed by atoms with E-state index in [-0.39, 0.29) is 0 Å². The molecule has 0 fully saturated rings. The van der Waals surface area contributed by atoms with Crippen molar-refractivity contribution in [3.05, 3.63) is 53.6 Å². The Morgan fingerprint density at radius 3 is 2.50 bits per heavy atom. The molecule has 0 saturated heterocycles. The van der Waals surface area contributed by atoms with Crippen LogP contribution in [0, 0.1) is 0 Å². The SMILES string of the molecule is CCCc1nnc(CSc2nnc(Cc3ccccc3)o2)o1. The number of hydrogen-bond donors (Lipinski definition) is 0. The van der Waals surface area contributed by atoms with E-state index in [1.165, 1.54) is 11.8 Å². The molecule has 0 bridgehead atoms. The summed E-state index contributed by atoms with van der Waals surface area (Å²) in [4.78, 5) is 0. The highest BCUT2D eigenvalue weighted by Crippen LogP contribution is 2.21. The molecule has 0 aliphatic carbocycles. The van der Waals surface area contributed by atoms with Crippen molar-refractivity contribution < 1.29 is 8.83 Å². The smallest absolute Gasteiger partial charge is 0.277 e. The Hall–Kier alpha value is -2.15. The average Bonchev–Trinajstić information content (AvgIpc) is 3.16. The standard InChI is InChI=1S/C15H16N4O2S/c1-2-6-12-16-18-14(20-12)10-22-15-19-17-13(21-15)9-11-7-4-3-5-8-11/h3-5,7-8H,2,6,9-10H2,1H3. The van der Waals surface area contributed by atoms with Crippen molar-refractivity contribution in [3.8, 4) is 0 Å². The number of rotatable bonds is 7. The number of nitrogens with zero attached hydrogens (tertiary/aromatic N) is 4. The van der Waals surface area contributed by atoms with Gasteiger partial charge in [0.1, 0.15) is 0 Å². The van der Waals surface area contributed by atoms with Gasteiger partial charge in [-0.2, -0.15) is 0 Å². The van der Waals surface area contributed by atoms with Gasteiger partial charge in [0.15, 0.2) is 0 Å². The molecule has 0 saturated carbocycles. The summed E-state index contributed by atoms with van der Waals surface area (Å²) in [7, 11) is 0. The lowest BCUT2D eigenvalue weighted by atomic mass is 10.2. The van der Waals surface area contributed by atoms with E-state index in [1.807, 2.05) is 30.3 Å². The monoisotopic (exact) mass is 316 g/mol. The van der Waals surface area contributed by atoms with Crippen LogP contribution in [0.2, 0.25) is 0 Å². The lowest BCUT2D eigenvalue weighted by Crippen LogP contribution is -1.87. The molecule has 7 heteroatoms. The minimum absolute atomic E-state index is 0.515. The maximum absolute atomic E-state index is 5.61. The normalized spacial score (nSPS) is 11.0. The lowest BCUT2D eigenvalue weighted by Gasteiger charge is -1.95. The van der Waals surface area contributed by atoms with Crippen molar-refractivity contribution >= 4 is 11.8 Å². The Balaban J connectivity index is 1.55. The van der Waals surface area contributed by atoms with Gasteiger partial charge in [-0.25, -0.2) is 0 Å². The highest BCUT2D eigenvalue weighted by molar-refractivity contribution is 7.98. The van der Waals surface area contributed by atoms with E-state index < -0.39 is 0 Å². The molecule has 3 rings (SSSR count). The zero-order valence-electron chi connectivity index (χ0n) is 12.2. The molecule has 0 N–H and O–H groups in total. The summed E-state index contributed by atoms with van der Waals surface area (Å²) < 4.78 is 11.1. The number of hydrogen-bond acceptors (Lipinski definition) is 7. The fraction of sp³-hybridized carbons (Fsp3) is 0.333. The molecule has 0 amide bonds. The quantitative estimate of drug-likeness (QED) is 0.619. The van der Waals surface area contributed by atoms with Crippen LogP contribution < -0.4 is 0 Å². The van der Waals surface area contributed by atoms with E-state index in [1.54, 1.807) is 0 Å². The summed E-state index contributed by atoms with van der Waals surface area (Å²) in [5, 5.41) is 16.6. The van der Waals surface area contributed by atoms with Gasteiger partial charge < -0.3 is 8.83 Å². The van der Waals surface area contributed by atoms with Gasteiger partial charge in [0.25, 0.3) is 5.22 Å². The molecule has 114 valence electrons.